The minimum absolute atomic E-state index is 0.00789. The van der Waals surface area contributed by atoms with E-state index >= 15 is 0 Å². The molecule has 2 heterocycles. The zero-order chi connectivity index (χ0) is 11.4. The highest BCUT2D eigenvalue weighted by Gasteiger charge is 2.31. The lowest BCUT2D eigenvalue weighted by Crippen LogP contribution is -2.32. The van der Waals surface area contributed by atoms with Gasteiger partial charge in [0, 0.05) is 12.5 Å². The van der Waals surface area contributed by atoms with Crippen LogP contribution in [0, 0.1) is 11.3 Å². The van der Waals surface area contributed by atoms with Gasteiger partial charge in [-0.05, 0) is 25.9 Å². The summed E-state index contributed by atoms with van der Waals surface area (Å²) in [4.78, 5) is 2.49. The lowest BCUT2D eigenvalue weighted by molar-refractivity contribution is -0.0723. The van der Waals surface area contributed by atoms with Gasteiger partial charge in [-0.25, -0.2) is 0 Å². The van der Waals surface area contributed by atoms with E-state index in [1.807, 2.05) is 0 Å². The molecule has 0 saturated carbocycles. The molecule has 90 valence electrons. The van der Waals surface area contributed by atoms with Crippen molar-refractivity contribution in [2.24, 2.45) is 0 Å². The van der Waals surface area contributed by atoms with E-state index < -0.39 is 0 Å². The molecule has 4 nitrogen and oxygen atoms in total. The summed E-state index contributed by atoms with van der Waals surface area (Å²) in [5.74, 6) is 0. The highest BCUT2D eigenvalue weighted by Crippen LogP contribution is 2.25. The summed E-state index contributed by atoms with van der Waals surface area (Å²) in [7, 11) is 0. The number of nitrogens with zero attached hydrogens (tertiary/aromatic N) is 2. The average Bonchev–Trinajstić information content (AvgIpc) is 2.89. The molecule has 0 aliphatic carbocycles. The third kappa shape index (κ3) is 2.73. The van der Waals surface area contributed by atoms with Crippen LogP contribution in [0.3, 0.4) is 0 Å². The third-order valence-electron chi connectivity index (χ3n) is 3.50. The van der Waals surface area contributed by atoms with Gasteiger partial charge in [-0.2, -0.15) is 5.26 Å². The van der Waals surface area contributed by atoms with Gasteiger partial charge in [-0.1, -0.05) is 6.92 Å². The van der Waals surface area contributed by atoms with Crippen molar-refractivity contribution in [3.63, 3.8) is 0 Å². The molecule has 3 unspecified atom stereocenters. The van der Waals surface area contributed by atoms with Gasteiger partial charge in [0.1, 0.15) is 0 Å². The predicted molar refractivity (Wildman–Crippen MR) is 59.7 cm³/mol. The van der Waals surface area contributed by atoms with Crippen molar-refractivity contribution in [2.75, 3.05) is 19.7 Å². The fraction of sp³-hybridized carbons (Fsp3) is 0.917. The molecular formula is C12H20N2O2. The molecule has 4 heteroatoms. The fourth-order valence-electron chi connectivity index (χ4n) is 2.64. The first-order valence-electron chi connectivity index (χ1n) is 6.21. The maximum atomic E-state index is 8.58. The van der Waals surface area contributed by atoms with Gasteiger partial charge >= 0.3 is 0 Å². The second-order valence-corrected chi connectivity index (χ2v) is 4.54. The Kier molecular flexibility index (Phi) is 4.16. The molecule has 3 atom stereocenters. The van der Waals surface area contributed by atoms with Crippen LogP contribution in [0.25, 0.3) is 0 Å². The van der Waals surface area contributed by atoms with Gasteiger partial charge in [0.15, 0.2) is 6.29 Å². The van der Waals surface area contributed by atoms with Crippen molar-refractivity contribution in [1.29, 1.82) is 5.26 Å². The summed E-state index contributed by atoms with van der Waals surface area (Å²) in [6, 6.07) is 2.74. The van der Waals surface area contributed by atoms with Crippen molar-refractivity contribution >= 4 is 0 Å². The van der Waals surface area contributed by atoms with Gasteiger partial charge in [0.05, 0.1) is 25.2 Å². The molecule has 0 aromatic carbocycles. The van der Waals surface area contributed by atoms with Crippen LogP contribution in [0.4, 0.5) is 0 Å². The van der Waals surface area contributed by atoms with Gasteiger partial charge < -0.3 is 14.4 Å². The molecule has 0 bridgehead atoms. The Morgan fingerprint density at radius 1 is 1.50 bits per heavy atom. The molecule has 16 heavy (non-hydrogen) atoms. The molecule has 0 aromatic heterocycles. The van der Waals surface area contributed by atoms with Gasteiger partial charge in [0.2, 0.25) is 0 Å². The number of hydrogen-bond donors (Lipinski definition) is 0. The second kappa shape index (κ2) is 5.62. The van der Waals surface area contributed by atoms with Crippen molar-refractivity contribution in [3.8, 4) is 6.07 Å². The highest BCUT2D eigenvalue weighted by atomic mass is 16.7. The Labute approximate surface area is 97.1 Å². The first-order valence-corrected chi connectivity index (χ1v) is 6.21. The maximum absolute atomic E-state index is 8.58. The summed E-state index contributed by atoms with van der Waals surface area (Å²) < 4.78 is 11.3. The van der Waals surface area contributed by atoms with Crippen LogP contribution in [-0.2, 0) is 9.47 Å². The van der Waals surface area contributed by atoms with Gasteiger partial charge in [-0.3, -0.25) is 0 Å². The molecule has 2 saturated heterocycles. The Morgan fingerprint density at radius 3 is 3.12 bits per heavy atom. The van der Waals surface area contributed by atoms with Crippen LogP contribution < -0.4 is 0 Å². The van der Waals surface area contributed by atoms with E-state index in [-0.39, 0.29) is 12.4 Å². The topological polar surface area (TPSA) is 45.5 Å². The van der Waals surface area contributed by atoms with Crippen LogP contribution >= 0.6 is 0 Å². The van der Waals surface area contributed by atoms with Crippen molar-refractivity contribution in [2.45, 2.75) is 51.0 Å². The molecule has 0 radical (unpaired) electrons. The summed E-state index contributed by atoms with van der Waals surface area (Å²) in [6.07, 6.45) is 3.84. The third-order valence-corrected chi connectivity index (χ3v) is 3.50. The fourth-order valence-corrected chi connectivity index (χ4v) is 2.64. The predicted octanol–water partition coefficient (Wildman–Crippen LogP) is 1.52. The smallest absolute Gasteiger partial charge is 0.159 e. The van der Waals surface area contributed by atoms with E-state index in [1.165, 1.54) is 19.4 Å². The largest absolute Gasteiger partial charge is 0.350 e. The SMILES string of the molecule is CCN1CCCC1CC1OCC(CC#N)O1. The minimum atomic E-state index is -0.0875. The molecule has 0 spiro atoms. The monoisotopic (exact) mass is 224 g/mol. The first-order chi connectivity index (χ1) is 7.83. The number of likely N-dealkylation sites (tertiary alicyclic amines) is 1. The maximum Gasteiger partial charge on any atom is 0.159 e. The minimum Gasteiger partial charge on any atom is -0.350 e. The quantitative estimate of drug-likeness (QED) is 0.726. The Morgan fingerprint density at radius 2 is 2.38 bits per heavy atom. The Balaban J connectivity index is 1.76. The second-order valence-electron chi connectivity index (χ2n) is 4.54. The summed E-state index contributed by atoms with van der Waals surface area (Å²) >= 11 is 0. The molecule has 2 aliphatic heterocycles. The molecule has 2 aliphatic rings. The normalized spacial score (nSPS) is 35.4. The highest BCUT2D eigenvalue weighted by molar-refractivity contribution is 4.83. The van der Waals surface area contributed by atoms with E-state index in [9.17, 15) is 0 Å². The van der Waals surface area contributed by atoms with Crippen molar-refractivity contribution in [3.05, 3.63) is 0 Å². The van der Waals surface area contributed by atoms with E-state index in [4.69, 9.17) is 14.7 Å². The van der Waals surface area contributed by atoms with E-state index in [0.29, 0.717) is 19.1 Å². The van der Waals surface area contributed by atoms with Crippen LogP contribution in [0.2, 0.25) is 0 Å². The Bertz CT molecular complexity index is 264. The zero-order valence-electron chi connectivity index (χ0n) is 9.89. The lowest BCUT2D eigenvalue weighted by Gasteiger charge is -2.24. The molecule has 0 N–H and O–H groups in total. The number of rotatable bonds is 4. The number of hydrogen-bond acceptors (Lipinski definition) is 4. The molecule has 0 amide bonds. The van der Waals surface area contributed by atoms with Crippen molar-refractivity contribution in [1.82, 2.24) is 4.90 Å². The van der Waals surface area contributed by atoms with E-state index in [2.05, 4.69) is 17.9 Å². The van der Waals surface area contributed by atoms with Gasteiger partial charge in [0.25, 0.3) is 0 Å². The molecule has 2 fully saturated rings. The average molecular weight is 224 g/mol. The molecule has 2 rings (SSSR count). The Hall–Kier alpha value is -0.630. The first kappa shape index (κ1) is 11.8. The van der Waals surface area contributed by atoms with E-state index in [0.717, 1.165) is 13.0 Å². The van der Waals surface area contributed by atoms with Crippen LogP contribution in [-0.4, -0.2) is 43.0 Å². The van der Waals surface area contributed by atoms with E-state index in [1.54, 1.807) is 0 Å². The van der Waals surface area contributed by atoms with Crippen molar-refractivity contribution < 1.29 is 9.47 Å². The number of ether oxygens (including phenoxy) is 2. The standard InChI is InChI=1S/C12H20N2O2/c1-2-14-7-3-4-10(14)8-12-15-9-11(16-12)5-6-13/h10-12H,2-5,7-9H2,1H3. The summed E-state index contributed by atoms with van der Waals surface area (Å²) in [5.41, 5.74) is 0. The van der Waals surface area contributed by atoms with Crippen LogP contribution in [0.15, 0.2) is 0 Å². The lowest BCUT2D eigenvalue weighted by atomic mass is 10.1. The molecule has 0 aromatic rings. The van der Waals surface area contributed by atoms with Gasteiger partial charge in [-0.15, -0.1) is 0 Å². The van der Waals surface area contributed by atoms with Crippen LogP contribution in [0.5, 0.6) is 0 Å². The zero-order valence-corrected chi connectivity index (χ0v) is 9.89. The summed E-state index contributed by atoms with van der Waals surface area (Å²) in [5, 5.41) is 8.58. The summed E-state index contributed by atoms with van der Waals surface area (Å²) in [6.45, 7) is 5.10. The molecular weight excluding hydrogens is 204 g/mol. The van der Waals surface area contributed by atoms with Crippen LogP contribution in [0.1, 0.15) is 32.6 Å². The number of nitriles is 1.